The maximum Gasteiger partial charge on any atom is 0.302 e. The molecule has 90 valence electrons. The summed E-state index contributed by atoms with van der Waals surface area (Å²) in [6, 6.07) is 0. The van der Waals surface area contributed by atoms with E-state index in [0.29, 0.717) is 12.0 Å². The van der Waals surface area contributed by atoms with Crippen LogP contribution in [0.25, 0.3) is 0 Å². The first-order valence-electron chi connectivity index (χ1n) is 5.97. The molecule has 0 saturated carbocycles. The van der Waals surface area contributed by atoms with E-state index in [0.717, 1.165) is 18.8 Å². The van der Waals surface area contributed by atoms with Crippen LogP contribution in [0.4, 0.5) is 0 Å². The molecule has 0 fully saturated rings. The van der Waals surface area contributed by atoms with Crippen LogP contribution in [-0.2, 0) is 9.53 Å². The van der Waals surface area contributed by atoms with Gasteiger partial charge in [-0.25, -0.2) is 0 Å². The number of hydrogen-bond donors (Lipinski definition) is 0. The first-order valence-corrected chi connectivity index (χ1v) is 5.97. The lowest BCUT2D eigenvalue weighted by Crippen LogP contribution is -2.17. The molecule has 0 aliphatic rings. The maximum absolute atomic E-state index is 10.5. The maximum atomic E-state index is 10.5. The average molecular weight is 214 g/mol. The van der Waals surface area contributed by atoms with E-state index in [4.69, 9.17) is 4.74 Å². The van der Waals surface area contributed by atoms with E-state index in [1.54, 1.807) is 0 Å². The monoisotopic (exact) mass is 214 g/mol. The molecule has 1 atom stereocenters. The summed E-state index contributed by atoms with van der Waals surface area (Å²) in [5, 5.41) is 0. The first kappa shape index (κ1) is 14.5. The van der Waals surface area contributed by atoms with E-state index in [1.165, 1.54) is 19.8 Å². The number of ether oxygens (including phenoxy) is 1. The van der Waals surface area contributed by atoms with Crippen molar-refractivity contribution in [1.29, 1.82) is 0 Å². The molecule has 0 bridgehead atoms. The Labute approximate surface area is 94.4 Å². The van der Waals surface area contributed by atoms with Crippen LogP contribution >= 0.6 is 0 Å². The molecule has 2 nitrogen and oxygen atoms in total. The van der Waals surface area contributed by atoms with Crippen molar-refractivity contribution in [2.45, 2.75) is 60.3 Å². The smallest absolute Gasteiger partial charge is 0.302 e. The van der Waals surface area contributed by atoms with Crippen LogP contribution in [0.5, 0.6) is 0 Å². The zero-order chi connectivity index (χ0) is 11.9. The lowest BCUT2D eigenvalue weighted by molar-refractivity contribution is -0.141. The predicted octanol–water partition coefficient (Wildman–Crippen LogP) is 3.79. The van der Waals surface area contributed by atoms with Gasteiger partial charge in [-0.15, -0.1) is 0 Å². The predicted molar refractivity (Wildman–Crippen MR) is 63.7 cm³/mol. The SMILES string of the molecule is CC(=O)OCCCCCC(C)C(C)(C)C. The highest BCUT2D eigenvalue weighted by Crippen LogP contribution is 2.29. The standard InChI is InChI=1S/C13H26O2/c1-11(13(3,4)5)9-7-6-8-10-15-12(2)14/h11H,6-10H2,1-5H3. The highest BCUT2D eigenvalue weighted by molar-refractivity contribution is 5.65. The Kier molecular flexibility index (Phi) is 6.62. The van der Waals surface area contributed by atoms with Gasteiger partial charge in [0.25, 0.3) is 0 Å². The Bertz CT molecular complexity index is 179. The van der Waals surface area contributed by atoms with Crippen LogP contribution in [0.1, 0.15) is 60.3 Å². The van der Waals surface area contributed by atoms with Crippen molar-refractivity contribution in [3.8, 4) is 0 Å². The van der Waals surface area contributed by atoms with Gasteiger partial charge in [-0.2, -0.15) is 0 Å². The van der Waals surface area contributed by atoms with Gasteiger partial charge < -0.3 is 4.74 Å². The zero-order valence-corrected chi connectivity index (χ0v) is 10.9. The van der Waals surface area contributed by atoms with Crippen molar-refractivity contribution in [2.75, 3.05) is 6.61 Å². The third kappa shape index (κ3) is 8.46. The van der Waals surface area contributed by atoms with Gasteiger partial charge >= 0.3 is 5.97 Å². The van der Waals surface area contributed by atoms with Crippen LogP contribution in [0.2, 0.25) is 0 Å². The van der Waals surface area contributed by atoms with Crippen LogP contribution < -0.4 is 0 Å². The van der Waals surface area contributed by atoms with E-state index in [1.807, 2.05) is 0 Å². The topological polar surface area (TPSA) is 26.3 Å². The quantitative estimate of drug-likeness (QED) is 0.496. The summed E-state index contributed by atoms with van der Waals surface area (Å²) in [6.07, 6.45) is 4.66. The number of hydrogen-bond acceptors (Lipinski definition) is 2. The molecule has 0 heterocycles. The number of rotatable bonds is 6. The molecule has 0 aliphatic carbocycles. The molecule has 0 aromatic carbocycles. The minimum Gasteiger partial charge on any atom is -0.466 e. The van der Waals surface area contributed by atoms with E-state index in [9.17, 15) is 4.79 Å². The van der Waals surface area contributed by atoms with Gasteiger partial charge in [-0.1, -0.05) is 47.0 Å². The van der Waals surface area contributed by atoms with Crippen LogP contribution in [0.15, 0.2) is 0 Å². The molecule has 0 aliphatic heterocycles. The van der Waals surface area contributed by atoms with Gasteiger partial charge in [-0.05, 0) is 17.8 Å². The molecule has 0 amide bonds. The van der Waals surface area contributed by atoms with Gasteiger partial charge in [0.15, 0.2) is 0 Å². The summed E-state index contributed by atoms with van der Waals surface area (Å²) in [5.41, 5.74) is 0.413. The van der Waals surface area contributed by atoms with E-state index >= 15 is 0 Å². The average Bonchev–Trinajstić information content (AvgIpc) is 2.08. The third-order valence-corrected chi connectivity index (χ3v) is 3.07. The second kappa shape index (κ2) is 6.86. The summed E-state index contributed by atoms with van der Waals surface area (Å²) in [4.78, 5) is 10.5. The lowest BCUT2D eigenvalue weighted by atomic mass is 9.79. The van der Waals surface area contributed by atoms with E-state index < -0.39 is 0 Å². The summed E-state index contributed by atoms with van der Waals surface area (Å²) in [6.45, 7) is 11.2. The van der Waals surface area contributed by atoms with Gasteiger partial charge in [0.05, 0.1) is 6.61 Å². The normalized spacial score (nSPS) is 13.7. The van der Waals surface area contributed by atoms with Gasteiger partial charge in [-0.3, -0.25) is 4.79 Å². The minimum absolute atomic E-state index is 0.168. The van der Waals surface area contributed by atoms with Gasteiger partial charge in [0.1, 0.15) is 0 Å². The van der Waals surface area contributed by atoms with Crippen molar-refractivity contribution in [2.24, 2.45) is 11.3 Å². The van der Waals surface area contributed by atoms with Crippen LogP contribution in [-0.4, -0.2) is 12.6 Å². The molecular weight excluding hydrogens is 188 g/mol. The van der Waals surface area contributed by atoms with E-state index in [2.05, 4.69) is 27.7 Å². The highest BCUT2D eigenvalue weighted by Gasteiger charge is 2.18. The van der Waals surface area contributed by atoms with Crippen LogP contribution in [0, 0.1) is 11.3 Å². The molecule has 0 spiro atoms. The van der Waals surface area contributed by atoms with Crippen LogP contribution in [0.3, 0.4) is 0 Å². The Hall–Kier alpha value is -0.530. The summed E-state index contributed by atoms with van der Waals surface area (Å²) in [7, 11) is 0. The fraction of sp³-hybridized carbons (Fsp3) is 0.923. The summed E-state index contributed by atoms with van der Waals surface area (Å²) < 4.78 is 4.88. The molecule has 0 rings (SSSR count). The first-order chi connectivity index (χ1) is 6.84. The molecule has 0 aromatic rings. The minimum atomic E-state index is -0.168. The number of carbonyl (C=O) groups is 1. The molecule has 0 aromatic heterocycles. The Morgan fingerprint density at radius 1 is 1.20 bits per heavy atom. The molecule has 0 radical (unpaired) electrons. The van der Waals surface area contributed by atoms with Crippen molar-refractivity contribution < 1.29 is 9.53 Å². The lowest BCUT2D eigenvalue weighted by Gasteiger charge is -2.27. The number of esters is 1. The molecular formula is C13H26O2. The summed E-state index contributed by atoms with van der Waals surface area (Å²) >= 11 is 0. The molecule has 0 saturated heterocycles. The number of carbonyl (C=O) groups excluding carboxylic acids is 1. The Morgan fingerprint density at radius 3 is 2.27 bits per heavy atom. The number of unbranched alkanes of at least 4 members (excludes halogenated alkanes) is 2. The fourth-order valence-electron chi connectivity index (χ4n) is 1.38. The highest BCUT2D eigenvalue weighted by atomic mass is 16.5. The largest absolute Gasteiger partial charge is 0.466 e. The molecule has 15 heavy (non-hydrogen) atoms. The van der Waals surface area contributed by atoms with Crippen molar-refractivity contribution in [3.63, 3.8) is 0 Å². The second-order valence-electron chi connectivity index (χ2n) is 5.46. The molecule has 2 heteroatoms. The molecule has 0 N–H and O–H groups in total. The second-order valence-corrected chi connectivity index (χ2v) is 5.46. The Balaban J connectivity index is 3.35. The Morgan fingerprint density at radius 2 is 1.80 bits per heavy atom. The van der Waals surface area contributed by atoms with Crippen molar-refractivity contribution >= 4 is 5.97 Å². The van der Waals surface area contributed by atoms with E-state index in [-0.39, 0.29) is 5.97 Å². The van der Waals surface area contributed by atoms with Gasteiger partial charge in [0, 0.05) is 6.92 Å². The van der Waals surface area contributed by atoms with Gasteiger partial charge in [0.2, 0.25) is 0 Å². The fourth-order valence-corrected chi connectivity index (χ4v) is 1.38. The van der Waals surface area contributed by atoms with Crippen molar-refractivity contribution in [1.82, 2.24) is 0 Å². The molecule has 1 unspecified atom stereocenters. The summed E-state index contributed by atoms with van der Waals surface area (Å²) in [5.74, 6) is 0.587. The third-order valence-electron chi connectivity index (χ3n) is 3.07. The zero-order valence-electron chi connectivity index (χ0n) is 10.9. The van der Waals surface area contributed by atoms with Crippen molar-refractivity contribution in [3.05, 3.63) is 0 Å².